The molecule has 0 N–H and O–H groups in total. The van der Waals surface area contributed by atoms with E-state index in [2.05, 4.69) is 62.7 Å². The zero-order chi connectivity index (χ0) is 15.5. The van der Waals surface area contributed by atoms with Gasteiger partial charge < -0.3 is 13.7 Å². The van der Waals surface area contributed by atoms with Gasteiger partial charge in [-0.3, -0.25) is 0 Å². The van der Waals surface area contributed by atoms with Crippen molar-refractivity contribution in [2.45, 2.75) is 52.7 Å². The average Bonchev–Trinajstić information content (AvgIpc) is 3.03. The molecule has 4 rings (SSSR count). The van der Waals surface area contributed by atoms with Crippen LogP contribution in [0.1, 0.15) is 40.5 Å². The second-order valence-corrected chi connectivity index (χ2v) is 9.01. The van der Waals surface area contributed by atoms with Gasteiger partial charge in [0.2, 0.25) is 0 Å². The number of para-hydroxylation sites is 1. The van der Waals surface area contributed by atoms with Gasteiger partial charge in [-0.25, -0.2) is 0 Å². The molecule has 0 spiro atoms. The number of hydrogen-bond acceptors (Lipinski definition) is 3. The zero-order valence-electron chi connectivity index (χ0n) is 14.0. The largest absolute Gasteiger partial charge is 0.318 e. The molecule has 1 saturated heterocycles. The van der Waals surface area contributed by atoms with Crippen LogP contribution in [-0.4, -0.2) is 18.8 Å². The van der Waals surface area contributed by atoms with E-state index in [-0.39, 0.29) is 5.41 Å². The second-order valence-electron chi connectivity index (χ2n) is 7.64. The number of benzene rings is 1. The maximum Gasteiger partial charge on any atom is 0.290 e. The molecule has 0 amide bonds. The molecule has 4 heteroatoms. The van der Waals surface area contributed by atoms with E-state index in [4.69, 9.17) is 9.05 Å². The van der Waals surface area contributed by atoms with Crippen molar-refractivity contribution >= 4 is 14.2 Å². The van der Waals surface area contributed by atoms with E-state index in [1.807, 2.05) is 0 Å². The highest BCUT2D eigenvalue weighted by Gasteiger charge is 2.72. The smallest absolute Gasteiger partial charge is 0.290 e. The van der Waals surface area contributed by atoms with Crippen LogP contribution in [0.5, 0.6) is 0 Å². The first-order valence-electron chi connectivity index (χ1n) is 8.44. The molecular weight excluding hydrogens is 293 g/mol. The lowest BCUT2D eigenvalue weighted by Gasteiger charge is -2.38. The quantitative estimate of drug-likeness (QED) is 0.733. The molecule has 1 aliphatic heterocycles. The molecule has 3 aliphatic rings. The SMILES string of the molecule is CCO[P@]1O[C@H]2[C@H]([C@H]3CC[C@]2(C)C3(C)C)N1c1ccccc1. The molecule has 1 heterocycles. The monoisotopic (exact) mass is 319 g/mol. The summed E-state index contributed by atoms with van der Waals surface area (Å²) in [7, 11) is -0.971. The number of nitrogens with zero attached hydrogens (tertiary/aromatic N) is 1. The lowest BCUT2D eigenvalue weighted by molar-refractivity contribution is 0.0359. The van der Waals surface area contributed by atoms with Gasteiger partial charge in [-0.1, -0.05) is 39.0 Å². The van der Waals surface area contributed by atoms with Crippen LogP contribution >= 0.6 is 8.53 Å². The summed E-state index contributed by atoms with van der Waals surface area (Å²) in [4.78, 5) is 0. The Labute approximate surface area is 135 Å². The molecular formula is C18H26NO2P. The first kappa shape index (κ1) is 14.9. The van der Waals surface area contributed by atoms with Crippen LogP contribution in [0.2, 0.25) is 0 Å². The van der Waals surface area contributed by atoms with E-state index in [9.17, 15) is 0 Å². The summed E-state index contributed by atoms with van der Waals surface area (Å²) in [6, 6.07) is 11.2. The van der Waals surface area contributed by atoms with E-state index in [1.165, 1.54) is 18.5 Å². The standard InChI is InChI=1S/C18H26NO2P/c1-5-20-22-19(13-9-7-6-8-10-13)15-14-11-12-18(4,16(15)21-22)17(14,2)3/h6-10,14-16H,5,11-12H2,1-4H3/t14-,15+,16+,18+,22-/m1/s1. The van der Waals surface area contributed by atoms with Crippen molar-refractivity contribution in [3.8, 4) is 0 Å². The molecule has 0 aromatic heterocycles. The van der Waals surface area contributed by atoms with Gasteiger partial charge >= 0.3 is 0 Å². The molecule has 0 unspecified atom stereocenters. The molecule has 1 aromatic rings. The van der Waals surface area contributed by atoms with Crippen molar-refractivity contribution < 1.29 is 9.05 Å². The topological polar surface area (TPSA) is 21.7 Å². The summed E-state index contributed by atoms with van der Waals surface area (Å²) in [5.74, 6) is 0.690. The number of hydrogen-bond donors (Lipinski definition) is 0. The van der Waals surface area contributed by atoms with Crippen LogP contribution < -0.4 is 4.67 Å². The molecule has 2 saturated carbocycles. The summed E-state index contributed by atoms with van der Waals surface area (Å²) in [5.41, 5.74) is 1.86. The third kappa shape index (κ3) is 1.74. The van der Waals surface area contributed by atoms with Crippen LogP contribution in [0, 0.1) is 16.7 Å². The van der Waals surface area contributed by atoms with Gasteiger partial charge in [0, 0.05) is 11.1 Å². The predicted octanol–water partition coefficient (Wildman–Crippen LogP) is 4.98. The highest BCUT2D eigenvalue weighted by atomic mass is 31.2. The Morgan fingerprint density at radius 3 is 2.68 bits per heavy atom. The van der Waals surface area contributed by atoms with Crippen LogP contribution in [0.4, 0.5) is 5.69 Å². The Kier molecular flexibility index (Phi) is 3.35. The van der Waals surface area contributed by atoms with Crippen molar-refractivity contribution in [2.24, 2.45) is 16.7 Å². The molecule has 2 bridgehead atoms. The Morgan fingerprint density at radius 1 is 1.27 bits per heavy atom. The van der Waals surface area contributed by atoms with Crippen molar-refractivity contribution in [2.75, 3.05) is 11.3 Å². The number of rotatable bonds is 3. The summed E-state index contributed by atoms with van der Waals surface area (Å²) in [6.07, 6.45) is 2.90. The lowest BCUT2D eigenvalue weighted by atomic mass is 9.70. The molecule has 22 heavy (non-hydrogen) atoms. The minimum Gasteiger partial charge on any atom is -0.318 e. The highest BCUT2D eigenvalue weighted by Crippen LogP contribution is 2.74. The summed E-state index contributed by atoms with van der Waals surface area (Å²) in [5, 5.41) is 0. The minimum absolute atomic E-state index is 0.267. The normalized spacial score (nSPS) is 41.9. The Morgan fingerprint density at radius 2 is 2.00 bits per heavy atom. The lowest BCUT2D eigenvalue weighted by Crippen LogP contribution is -2.41. The average molecular weight is 319 g/mol. The highest BCUT2D eigenvalue weighted by molar-refractivity contribution is 7.49. The van der Waals surface area contributed by atoms with E-state index in [0.29, 0.717) is 30.1 Å². The molecule has 5 atom stereocenters. The molecule has 1 aromatic carbocycles. The van der Waals surface area contributed by atoms with E-state index < -0.39 is 8.53 Å². The van der Waals surface area contributed by atoms with E-state index in [1.54, 1.807) is 0 Å². The minimum atomic E-state index is -0.971. The van der Waals surface area contributed by atoms with Crippen molar-refractivity contribution in [3.63, 3.8) is 0 Å². The van der Waals surface area contributed by atoms with Crippen LogP contribution in [0.15, 0.2) is 30.3 Å². The number of fused-ring (bicyclic) bond motifs is 5. The van der Waals surface area contributed by atoms with E-state index >= 15 is 0 Å². The Bertz CT molecular complexity index is 563. The molecule has 2 aliphatic carbocycles. The maximum atomic E-state index is 6.53. The van der Waals surface area contributed by atoms with Gasteiger partial charge in [-0.15, -0.1) is 0 Å². The Hall–Kier alpha value is -0.630. The van der Waals surface area contributed by atoms with Gasteiger partial charge in [-0.2, -0.15) is 0 Å². The fraction of sp³-hybridized carbons (Fsp3) is 0.667. The fourth-order valence-corrected chi connectivity index (χ4v) is 6.92. The van der Waals surface area contributed by atoms with Gasteiger partial charge in [0.15, 0.2) is 0 Å². The van der Waals surface area contributed by atoms with Gasteiger partial charge in [0.25, 0.3) is 8.53 Å². The molecule has 3 nitrogen and oxygen atoms in total. The molecule has 0 radical (unpaired) electrons. The third-order valence-corrected chi connectivity index (χ3v) is 8.38. The molecule has 3 fully saturated rings. The van der Waals surface area contributed by atoms with E-state index in [0.717, 1.165) is 0 Å². The van der Waals surface area contributed by atoms with Crippen molar-refractivity contribution in [1.82, 2.24) is 0 Å². The van der Waals surface area contributed by atoms with Gasteiger partial charge in [0.1, 0.15) is 0 Å². The van der Waals surface area contributed by atoms with Gasteiger partial charge in [-0.05, 0) is 43.2 Å². The fourth-order valence-electron chi connectivity index (χ4n) is 5.04. The van der Waals surface area contributed by atoms with Crippen LogP contribution in [0.25, 0.3) is 0 Å². The number of anilines is 1. The summed E-state index contributed by atoms with van der Waals surface area (Å²) in [6.45, 7) is 10.1. The first-order chi connectivity index (χ1) is 10.5. The van der Waals surface area contributed by atoms with Crippen molar-refractivity contribution in [3.05, 3.63) is 30.3 Å². The predicted molar refractivity (Wildman–Crippen MR) is 90.7 cm³/mol. The van der Waals surface area contributed by atoms with Crippen LogP contribution in [0.3, 0.4) is 0 Å². The second kappa shape index (κ2) is 4.93. The third-order valence-electron chi connectivity index (χ3n) is 6.65. The summed E-state index contributed by atoms with van der Waals surface area (Å²) >= 11 is 0. The first-order valence-corrected chi connectivity index (χ1v) is 9.58. The van der Waals surface area contributed by atoms with Crippen molar-refractivity contribution in [1.29, 1.82) is 0 Å². The maximum absolute atomic E-state index is 6.53. The zero-order valence-corrected chi connectivity index (χ0v) is 14.8. The van der Waals surface area contributed by atoms with Gasteiger partial charge in [0.05, 0.1) is 18.8 Å². The summed E-state index contributed by atoms with van der Waals surface area (Å²) < 4.78 is 15.0. The molecule has 120 valence electrons. The van der Waals surface area contributed by atoms with Crippen LogP contribution in [-0.2, 0) is 9.05 Å². The Balaban J connectivity index is 1.76.